The molecule has 3 aromatic rings. The number of anilines is 1. The van der Waals surface area contributed by atoms with Gasteiger partial charge in [0.2, 0.25) is 0 Å². The Morgan fingerprint density at radius 2 is 1.73 bits per heavy atom. The Morgan fingerprint density at radius 1 is 1.07 bits per heavy atom. The zero-order chi connectivity index (χ0) is 30.3. The first-order valence-electron chi connectivity index (χ1n) is 12.5. The predicted molar refractivity (Wildman–Crippen MR) is 149 cm³/mol. The zero-order valence-electron chi connectivity index (χ0n) is 22.9. The smallest absolute Gasteiger partial charge is 0.429 e. The lowest BCUT2D eigenvalue weighted by Crippen LogP contribution is -2.45. The molecule has 0 aliphatic rings. The third-order valence-electron chi connectivity index (χ3n) is 5.59. The van der Waals surface area contributed by atoms with E-state index < -0.39 is 42.0 Å². The number of rotatable bonds is 10. The number of hydrazine groups is 1. The van der Waals surface area contributed by atoms with Crippen LogP contribution in [0.3, 0.4) is 0 Å². The molecule has 0 saturated carbocycles. The summed E-state index contributed by atoms with van der Waals surface area (Å²) in [5.74, 6) is -2.37. The van der Waals surface area contributed by atoms with E-state index in [4.69, 9.17) is 25.8 Å². The number of nitrogens with zero attached hydrogens (tertiary/aromatic N) is 1. The zero-order valence-corrected chi connectivity index (χ0v) is 23.7. The van der Waals surface area contributed by atoms with Gasteiger partial charge in [-0.25, -0.2) is 23.4 Å². The highest BCUT2D eigenvalue weighted by Crippen LogP contribution is 2.32. The van der Waals surface area contributed by atoms with Gasteiger partial charge in [0.05, 0.1) is 42.6 Å². The summed E-state index contributed by atoms with van der Waals surface area (Å²) in [4.78, 5) is 25.5. The average molecular weight is 593 g/mol. The van der Waals surface area contributed by atoms with Gasteiger partial charge in [-0.2, -0.15) is 0 Å². The minimum atomic E-state index is -1.30. The highest BCUT2D eigenvalue weighted by atomic mass is 35.5. The predicted octanol–water partition coefficient (Wildman–Crippen LogP) is 5.57. The van der Waals surface area contributed by atoms with E-state index in [1.165, 1.54) is 13.2 Å². The molecule has 0 radical (unpaired) electrons. The van der Waals surface area contributed by atoms with Crippen LogP contribution in [0.1, 0.15) is 36.7 Å². The van der Waals surface area contributed by atoms with Crippen molar-refractivity contribution in [3.8, 4) is 16.9 Å². The second-order valence-corrected chi connectivity index (χ2v) is 10.3. The van der Waals surface area contributed by atoms with Crippen LogP contribution in [0.5, 0.6) is 5.75 Å². The number of esters is 1. The second kappa shape index (κ2) is 13.6. The van der Waals surface area contributed by atoms with Crippen LogP contribution in [0, 0.1) is 11.6 Å². The average Bonchev–Trinajstić information content (AvgIpc) is 2.92. The van der Waals surface area contributed by atoms with Gasteiger partial charge in [-0.15, -0.1) is 0 Å². The molecule has 3 N–H and O–H groups in total. The molecule has 0 bridgehead atoms. The summed E-state index contributed by atoms with van der Waals surface area (Å²) in [5, 5.41) is 20.4. The van der Waals surface area contributed by atoms with Crippen LogP contribution in [-0.2, 0) is 16.1 Å². The van der Waals surface area contributed by atoms with Crippen molar-refractivity contribution in [3.63, 3.8) is 0 Å². The fraction of sp³-hybridized carbons (Fsp3) is 0.310. The summed E-state index contributed by atoms with van der Waals surface area (Å²) in [5.41, 5.74) is 3.46. The van der Waals surface area contributed by atoms with E-state index in [-0.39, 0.29) is 29.4 Å². The van der Waals surface area contributed by atoms with E-state index >= 15 is 0 Å². The van der Waals surface area contributed by atoms with Crippen LogP contribution >= 0.6 is 11.6 Å². The number of para-hydroxylation sites is 1. The number of hydrogen-bond donors (Lipinski definition) is 3. The molecule has 0 heterocycles. The standard InChI is InChI=1S/C29H31ClF2N2O7/c1-29(2,3)41-28(38)34(14-19(36)15-35)33-26-18(6-5-7-21(26)27(37)39-4)16-40-20-10-8-17(9-11-20)22-12-24(31)25(32)13-23(22)30/h5-13,19,33,35-36H,14-16H2,1-4H3/t19-/m1/s1. The van der Waals surface area contributed by atoms with E-state index in [9.17, 15) is 28.6 Å². The van der Waals surface area contributed by atoms with Crippen molar-refractivity contribution in [2.75, 3.05) is 25.7 Å². The molecule has 0 aromatic heterocycles. The molecule has 12 heteroatoms. The number of hydrogen-bond acceptors (Lipinski definition) is 8. The van der Waals surface area contributed by atoms with E-state index in [0.29, 0.717) is 22.4 Å². The quantitative estimate of drug-likeness (QED) is 0.159. The van der Waals surface area contributed by atoms with Crippen molar-refractivity contribution >= 4 is 29.4 Å². The summed E-state index contributed by atoms with van der Waals surface area (Å²) >= 11 is 6.08. The minimum Gasteiger partial charge on any atom is -0.489 e. The topological polar surface area (TPSA) is 118 Å². The molecule has 3 rings (SSSR count). The van der Waals surface area contributed by atoms with Crippen molar-refractivity contribution in [2.24, 2.45) is 0 Å². The van der Waals surface area contributed by atoms with Gasteiger partial charge in [0.1, 0.15) is 18.0 Å². The minimum absolute atomic E-state index is 0.0498. The first kappa shape index (κ1) is 31.6. The van der Waals surface area contributed by atoms with E-state index in [0.717, 1.165) is 17.1 Å². The van der Waals surface area contributed by atoms with Crippen molar-refractivity contribution in [1.82, 2.24) is 5.01 Å². The summed E-state index contributed by atoms with van der Waals surface area (Å²) in [6.45, 7) is 3.93. The van der Waals surface area contributed by atoms with Crippen molar-refractivity contribution in [2.45, 2.75) is 39.1 Å². The fourth-order valence-electron chi connectivity index (χ4n) is 3.65. The molecule has 0 aliphatic heterocycles. The van der Waals surface area contributed by atoms with Crippen LogP contribution in [0.4, 0.5) is 19.3 Å². The first-order valence-corrected chi connectivity index (χ1v) is 12.8. The molecule has 220 valence electrons. The maximum atomic E-state index is 13.7. The summed E-state index contributed by atoms with van der Waals surface area (Å²) < 4.78 is 43.4. The van der Waals surface area contributed by atoms with Crippen LogP contribution in [0.25, 0.3) is 11.1 Å². The van der Waals surface area contributed by atoms with Crippen molar-refractivity contribution in [1.29, 1.82) is 0 Å². The van der Waals surface area contributed by atoms with Crippen molar-refractivity contribution in [3.05, 3.63) is 82.4 Å². The Hall–Kier alpha value is -3.93. The summed E-state index contributed by atoms with van der Waals surface area (Å²) in [6, 6.07) is 13.1. The van der Waals surface area contributed by atoms with Crippen LogP contribution in [-0.4, -0.2) is 59.3 Å². The first-order chi connectivity index (χ1) is 19.3. The molecular formula is C29H31ClF2N2O7. The van der Waals surface area contributed by atoms with Gasteiger partial charge in [0.25, 0.3) is 0 Å². The number of nitrogens with one attached hydrogen (secondary N) is 1. The Bertz CT molecular complexity index is 1380. The van der Waals surface area contributed by atoms with Crippen molar-refractivity contribution < 1.29 is 42.8 Å². The van der Waals surface area contributed by atoms with Crippen LogP contribution in [0.15, 0.2) is 54.6 Å². The third kappa shape index (κ3) is 8.53. The number of benzene rings is 3. The number of carbonyl (C=O) groups excluding carboxylic acids is 2. The van der Waals surface area contributed by atoms with Gasteiger partial charge in [0, 0.05) is 11.1 Å². The molecule has 1 amide bonds. The SMILES string of the molecule is COC(=O)c1cccc(COc2ccc(-c3cc(F)c(F)cc3Cl)cc2)c1NN(C[C@@H](O)CO)C(=O)OC(C)(C)C. The number of halogens is 3. The van der Waals surface area contributed by atoms with Gasteiger partial charge in [-0.05, 0) is 56.7 Å². The molecule has 0 fully saturated rings. The molecule has 0 aliphatic carbocycles. The molecular weight excluding hydrogens is 562 g/mol. The summed E-state index contributed by atoms with van der Waals surface area (Å²) in [7, 11) is 1.21. The Labute approximate surface area is 241 Å². The lowest BCUT2D eigenvalue weighted by molar-refractivity contribution is 0.0133. The molecule has 3 aromatic carbocycles. The number of carbonyl (C=O) groups is 2. The number of amides is 1. The second-order valence-electron chi connectivity index (χ2n) is 9.93. The Morgan fingerprint density at radius 3 is 2.34 bits per heavy atom. The maximum absolute atomic E-state index is 13.7. The maximum Gasteiger partial charge on any atom is 0.429 e. The highest BCUT2D eigenvalue weighted by molar-refractivity contribution is 6.33. The highest BCUT2D eigenvalue weighted by Gasteiger charge is 2.27. The molecule has 0 spiro atoms. The van der Waals surface area contributed by atoms with E-state index in [1.807, 2.05) is 0 Å². The largest absolute Gasteiger partial charge is 0.489 e. The van der Waals surface area contributed by atoms with Crippen LogP contribution in [0.2, 0.25) is 5.02 Å². The van der Waals surface area contributed by atoms with Gasteiger partial charge in [-0.3, -0.25) is 5.43 Å². The molecule has 0 unspecified atom stereocenters. The number of aliphatic hydroxyl groups excluding tert-OH is 2. The lowest BCUT2D eigenvalue weighted by atomic mass is 10.1. The van der Waals surface area contributed by atoms with Crippen LogP contribution < -0.4 is 10.2 Å². The molecule has 1 atom stereocenters. The lowest BCUT2D eigenvalue weighted by Gasteiger charge is -2.30. The fourth-order valence-corrected chi connectivity index (χ4v) is 3.91. The number of ether oxygens (including phenoxy) is 3. The number of aliphatic hydroxyl groups is 2. The van der Waals surface area contributed by atoms with Gasteiger partial charge in [-0.1, -0.05) is 35.9 Å². The van der Waals surface area contributed by atoms with E-state index in [1.54, 1.807) is 57.2 Å². The number of methoxy groups -OCH3 is 1. The molecule has 41 heavy (non-hydrogen) atoms. The van der Waals surface area contributed by atoms with Gasteiger partial charge in [0.15, 0.2) is 11.6 Å². The van der Waals surface area contributed by atoms with Gasteiger partial charge < -0.3 is 24.4 Å². The Balaban J connectivity index is 1.89. The third-order valence-corrected chi connectivity index (χ3v) is 5.90. The van der Waals surface area contributed by atoms with E-state index in [2.05, 4.69) is 5.43 Å². The van der Waals surface area contributed by atoms with Gasteiger partial charge >= 0.3 is 12.1 Å². The summed E-state index contributed by atoms with van der Waals surface area (Å²) in [6.07, 6.45) is -2.16. The molecule has 9 nitrogen and oxygen atoms in total. The normalized spacial score (nSPS) is 11.9. The monoisotopic (exact) mass is 592 g/mol. The molecule has 0 saturated heterocycles. The Kier molecular flexibility index (Phi) is 10.5.